The lowest BCUT2D eigenvalue weighted by Gasteiger charge is -2.33. The highest BCUT2D eigenvalue weighted by molar-refractivity contribution is 7.07. The summed E-state index contributed by atoms with van der Waals surface area (Å²) in [5.74, 6) is -1.18. The minimum Gasteiger partial charge on any atom is -0.491 e. The molecule has 3 atom stereocenters. The summed E-state index contributed by atoms with van der Waals surface area (Å²) < 4.78 is 66.8. The van der Waals surface area contributed by atoms with E-state index in [-0.39, 0.29) is 36.4 Å². The van der Waals surface area contributed by atoms with Crippen LogP contribution >= 0.6 is 11.3 Å². The van der Waals surface area contributed by atoms with Crippen molar-refractivity contribution in [2.24, 2.45) is 0 Å². The summed E-state index contributed by atoms with van der Waals surface area (Å²) in [6, 6.07) is 4.38. The first-order valence-corrected chi connectivity index (χ1v) is 13.1. The van der Waals surface area contributed by atoms with Crippen LogP contribution in [0.4, 0.5) is 23.4 Å². The minimum atomic E-state index is -4.55. The molecule has 2 aliphatic heterocycles. The fraction of sp³-hybridized carbons (Fsp3) is 0.296. The Morgan fingerprint density at radius 1 is 1.26 bits per heavy atom. The standard InChI is InChI=1S/C27H22F4N4O3S/c1-12(21-10-39-11-33-21)35(22-9-38-23-5-14(27(29,30)31)3-4-15(22)23)26(36)17-6-16-18-8-37-13(2)24(18)25(32)34-20(16)7-19(17)28/h3-7,10-13,22H,8-9H2,1-2H3,(H2,32,34)/t12?,13-,22?/m1/s1. The summed E-state index contributed by atoms with van der Waals surface area (Å²) in [7, 11) is 0. The van der Waals surface area contributed by atoms with E-state index in [0.717, 1.165) is 17.7 Å². The largest absolute Gasteiger partial charge is 0.491 e. The molecule has 202 valence electrons. The smallest absolute Gasteiger partial charge is 0.416 e. The third-order valence-corrected chi connectivity index (χ3v) is 7.94. The second-order valence-corrected chi connectivity index (χ2v) is 10.3. The molecule has 0 bridgehead atoms. The number of fused-ring (bicyclic) bond motifs is 4. The minimum absolute atomic E-state index is 0.0284. The number of pyridine rings is 1. The molecule has 0 fully saturated rings. The number of hydrogen-bond acceptors (Lipinski definition) is 7. The van der Waals surface area contributed by atoms with Gasteiger partial charge in [-0.1, -0.05) is 6.07 Å². The highest BCUT2D eigenvalue weighted by Crippen LogP contribution is 2.44. The van der Waals surface area contributed by atoms with Gasteiger partial charge in [-0.25, -0.2) is 14.4 Å². The normalized spacial score (nSPS) is 19.0. The number of carbonyl (C=O) groups excluding carboxylic acids is 1. The third kappa shape index (κ3) is 4.18. The molecule has 6 rings (SSSR count). The second kappa shape index (κ2) is 9.16. The molecule has 0 aliphatic carbocycles. The Hall–Kier alpha value is -3.77. The van der Waals surface area contributed by atoms with Crippen molar-refractivity contribution in [2.75, 3.05) is 12.3 Å². The van der Waals surface area contributed by atoms with Crippen LogP contribution in [0.3, 0.4) is 0 Å². The van der Waals surface area contributed by atoms with Crippen molar-refractivity contribution in [3.63, 3.8) is 0 Å². The Morgan fingerprint density at radius 3 is 2.77 bits per heavy atom. The number of nitrogen functional groups attached to an aromatic ring is 1. The number of halogens is 4. The van der Waals surface area contributed by atoms with Crippen LogP contribution in [-0.4, -0.2) is 27.4 Å². The van der Waals surface area contributed by atoms with E-state index in [2.05, 4.69) is 9.97 Å². The van der Waals surface area contributed by atoms with Gasteiger partial charge in [-0.2, -0.15) is 13.2 Å². The molecule has 2 unspecified atom stereocenters. The van der Waals surface area contributed by atoms with Crippen molar-refractivity contribution in [1.29, 1.82) is 0 Å². The van der Waals surface area contributed by atoms with Gasteiger partial charge in [0.1, 0.15) is 24.0 Å². The van der Waals surface area contributed by atoms with Crippen LogP contribution in [0.1, 0.15) is 70.3 Å². The molecule has 2 aromatic heterocycles. The van der Waals surface area contributed by atoms with E-state index in [1.54, 1.807) is 17.8 Å². The van der Waals surface area contributed by atoms with Gasteiger partial charge in [0.2, 0.25) is 0 Å². The molecule has 0 saturated carbocycles. The quantitative estimate of drug-likeness (QED) is 0.293. The molecule has 39 heavy (non-hydrogen) atoms. The average molecular weight is 559 g/mol. The summed E-state index contributed by atoms with van der Waals surface area (Å²) in [4.78, 5) is 24.2. The molecule has 2 aliphatic rings. The van der Waals surface area contributed by atoms with Crippen molar-refractivity contribution >= 4 is 34.0 Å². The predicted octanol–water partition coefficient (Wildman–Crippen LogP) is 6.36. The Bertz CT molecular complexity index is 1610. The maximum atomic E-state index is 15.5. The van der Waals surface area contributed by atoms with Gasteiger partial charge in [0.05, 0.1) is 52.6 Å². The summed E-state index contributed by atoms with van der Waals surface area (Å²) >= 11 is 1.33. The summed E-state index contributed by atoms with van der Waals surface area (Å²) in [6.07, 6.45) is -4.84. The number of benzene rings is 2. The maximum Gasteiger partial charge on any atom is 0.416 e. The number of alkyl halides is 3. The molecule has 4 aromatic rings. The fourth-order valence-electron chi connectivity index (χ4n) is 5.35. The fourth-order valence-corrected chi connectivity index (χ4v) is 5.99. The number of amides is 1. The van der Waals surface area contributed by atoms with E-state index in [0.29, 0.717) is 27.7 Å². The van der Waals surface area contributed by atoms with E-state index in [9.17, 15) is 18.0 Å². The monoisotopic (exact) mass is 558 g/mol. The van der Waals surface area contributed by atoms with Crippen LogP contribution in [-0.2, 0) is 17.5 Å². The Balaban J connectivity index is 1.47. The average Bonchev–Trinajstić information content (AvgIpc) is 3.64. The number of ether oxygens (including phenoxy) is 2. The van der Waals surface area contributed by atoms with Crippen LogP contribution in [0.15, 0.2) is 41.2 Å². The predicted molar refractivity (Wildman–Crippen MR) is 136 cm³/mol. The lowest BCUT2D eigenvalue weighted by atomic mass is 9.97. The summed E-state index contributed by atoms with van der Waals surface area (Å²) in [6.45, 7) is 3.72. The van der Waals surface area contributed by atoms with Gasteiger partial charge in [0.15, 0.2) is 0 Å². The number of aromatic nitrogens is 2. The first-order valence-electron chi connectivity index (χ1n) is 12.1. The van der Waals surface area contributed by atoms with Crippen molar-refractivity contribution in [2.45, 2.75) is 44.8 Å². The van der Waals surface area contributed by atoms with Crippen molar-refractivity contribution in [3.05, 3.63) is 80.6 Å². The highest BCUT2D eigenvalue weighted by Gasteiger charge is 2.40. The first-order chi connectivity index (χ1) is 18.5. The van der Waals surface area contributed by atoms with Gasteiger partial charge in [-0.05, 0) is 37.6 Å². The van der Waals surface area contributed by atoms with Gasteiger partial charge in [0.25, 0.3) is 5.91 Å². The molecule has 0 saturated heterocycles. The first kappa shape index (κ1) is 25.5. The van der Waals surface area contributed by atoms with Crippen LogP contribution in [0.25, 0.3) is 10.9 Å². The SMILES string of the molecule is CC(c1cscn1)N(C(=O)c1cc2c3c(c(N)nc2cc1F)[C@@H](C)OC3)C1COc2cc(C(F)(F)F)ccc21. The molecule has 1 amide bonds. The number of anilines is 1. The van der Waals surface area contributed by atoms with E-state index in [4.69, 9.17) is 15.2 Å². The molecule has 12 heteroatoms. The molecular weight excluding hydrogens is 536 g/mol. The number of hydrogen-bond donors (Lipinski definition) is 1. The lowest BCUT2D eigenvalue weighted by Crippen LogP contribution is -2.38. The van der Waals surface area contributed by atoms with Gasteiger partial charge in [-0.3, -0.25) is 4.79 Å². The van der Waals surface area contributed by atoms with Crippen LogP contribution < -0.4 is 10.5 Å². The Labute approximate surface area is 224 Å². The zero-order valence-electron chi connectivity index (χ0n) is 20.8. The van der Waals surface area contributed by atoms with E-state index in [1.165, 1.54) is 34.4 Å². The lowest BCUT2D eigenvalue weighted by molar-refractivity contribution is -0.137. The number of nitrogens with two attached hydrogens (primary N) is 1. The molecule has 0 radical (unpaired) electrons. The maximum absolute atomic E-state index is 15.5. The van der Waals surface area contributed by atoms with E-state index in [1.807, 2.05) is 6.92 Å². The molecule has 2 aromatic carbocycles. The highest BCUT2D eigenvalue weighted by atomic mass is 32.1. The Kier molecular flexibility index (Phi) is 5.99. The van der Waals surface area contributed by atoms with Gasteiger partial charge < -0.3 is 20.1 Å². The zero-order chi connectivity index (χ0) is 27.6. The van der Waals surface area contributed by atoms with Crippen LogP contribution in [0.2, 0.25) is 0 Å². The summed E-state index contributed by atoms with van der Waals surface area (Å²) in [5.41, 5.74) is 9.36. The number of nitrogens with zero attached hydrogens (tertiary/aromatic N) is 3. The van der Waals surface area contributed by atoms with Gasteiger partial charge in [-0.15, -0.1) is 11.3 Å². The van der Waals surface area contributed by atoms with Crippen molar-refractivity contribution in [1.82, 2.24) is 14.9 Å². The molecule has 4 heterocycles. The van der Waals surface area contributed by atoms with Crippen LogP contribution in [0, 0.1) is 5.82 Å². The third-order valence-electron chi connectivity index (χ3n) is 7.33. The molecular formula is C27H22F4N4O3S. The van der Waals surface area contributed by atoms with Crippen molar-refractivity contribution < 1.29 is 31.8 Å². The Morgan fingerprint density at radius 2 is 2.05 bits per heavy atom. The van der Waals surface area contributed by atoms with Crippen LogP contribution in [0.5, 0.6) is 5.75 Å². The topological polar surface area (TPSA) is 90.6 Å². The van der Waals surface area contributed by atoms with E-state index < -0.39 is 35.5 Å². The number of rotatable bonds is 4. The summed E-state index contributed by atoms with van der Waals surface area (Å²) in [5, 5.41) is 2.32. The molecule has 7 nitrogen and oxygen atoms in total. The second-order valence-electron chi connectivity index (χ2n) is 9.57. The number of carbonyl (C=O) groups is 1. The van der Waals surface area contributed by atoms with Gasteiger partial charge in [0, 0.05) is 28.0 Å². The molecule has 2 N–H and O–H groups in total. The van der Waals surface area contributed by atoms with E-state index >= 15 is 4.39 Å². The zero-order valence-corrected chi connectivity index (χ0v) is 21.6. The molecule has 0 spiro atoms. The van der Waals surface area contributed by atoms with Gasteiger partial charge >= 0.3 is 6.18 Å². The number of thiazole rings is 1. The van der Waals surface area contributed by atoms with Crippen molar-refractivity contribution in [3.8, 4) is 5.75 Å².